The molecule has 0 saturated carbocycles. The van der Waals surface area contributed by atoms with Crippen molar-refractivity contribution < 1.29 is 9.53 Å². The molecule has 8 heteroatoms. The van der Waals surface area contributed by atoms with Crippen molar-refractivity contribution in [3.63, 3.8) is 0 Å². The summed E-state index contributed by atoms with van der Waals surface area (Å²) in [5.41, 5.74) is 10.3. The molecule has 1 aromatic carbocycles. The third-order valence-corrected chi connectivity index (χ3v) is 5.08. The Bertz CT molecular complexity index is 758. The van der Waals surface area contributed by atoms with Crippen molar-refractivity contribution in [3.05, 3.63) is 47.3 Å². The van der Waals surface area contributed by atoms with Gasteiger partial charge < -0.3 is 15.8 Å². The number of aromatic nitrogens is 2. The Kier molecular flexibility index (Phi) is 9.44. The zero-order chi connectivity index (χ0) is 18.7. The Morgan fingerprint density at radius 1 is 1.21 bits per heavy atom. The number of hydrogen-bond donors (Lipinski definition) is 2. The maximum absolute atomic E-state index is 12.5. The number of carbonyl (C=O) groups is 1. The highest BCUT2D eigenvalue weighted by molar-refractivity contribution is 5.85. The predicted molar refractivity (Wildman–Crippen MR) is 116 cm³/mol. The van der Waals surface area contributed by atoms with Crippen LogP contribution in [0.2, 0.25) is 0 Å². The van der Waals surface area contributed by atoms with E-state index in [0.717, 1.165) is 35.5 Å². The van der Waals surface area contributed by atoms with Gasteiger partial charge in [0.2, 0.25) is 5.91 Å². The molecule has 156 valence electrons. The highest BCUT2D eigenvalue weighted by atomic mass is 35.5. The van der Waals surface area contributed by atoms with Crippen LogP contribution in [0.4, 0.5) is 0 Å². The van der Waals surface area contributed by atoms with Gasteiger partial charge >= 0.3 is 0 Å². The Balaban J connectivity index is 0.00000196. The van der Waals surface area contributed by atoms with Crippen molar-refractivity contribution >= 4 is 30.7 Å². The maximum atomic E-state index is 12.5. The van der Waals surface area contributed by atoms with E-state index in [9.17, 15) is 4.79 Å². The van der Waals surface area contributed by atoms with E-state index in [4.69, 9.17) is 10.5 Å². The number of nitrogens with two attached hydrogens (primary N) is 1. The minimum atomic E-state index is -0.477. The summed E-state index contributed by atoms with van der Waals surface area (Å²) in [6.07, 6.45) is 1.70. The highest BCUT2D eigenvalue weighted by Crippen LogP contribution is 2.20. The summed E-state index contributed by atoms with van der Waals surface area (Å²) in [5.74, 6) is 0.108. The summed E-state index contributed by atoms with van der Waals surface area (Å²) in [7, 11) is 0. The first-order valence-corrected chi connectivity index (χ1v) is 9.23. The average molecular weight is 429 g/mol. The van der Waals surface area contributed by atoms with Gasteiger partial charge in [0.25, 0.3) is 0 Å². The minimum absolute atomic E-state index is 0. The lowest BCUT2D eigenvalue weighted by molar-refractivity contribution is -0.125. The molecule has 1 fully saturated rings. The standard InChI is InChI=1S/C20H28N4O2.2ClH/c1-13-12-14(2)24(23-13)18-6-4-16(5-7-18)15(3)22-20(25)19(21)17-8-10-26-11-9-17;;/h4-7,12,15,17,19H,8-11,21H2,1-3H3,(H,22,25);2*1H. The second-order valence-electron chi connectivity index (χ2n) is 7.14. The smallest absolute Gasteiger partial charge is 0.237 e. The van der Waals surface area contributed by atoms with E-state index in [2.05, 4.69) is 16.5 Å². The van der Waals surface area contributed by atoms with Crippen LogP contribution in [0.25, 0.3) is 5.69 Å². The summed E-state index contributed by atoms with van der Waals surface area (Å²) in [6, 6.07) is 9.58. The van der Waals surface area contributed by atoms with Crippen molar-refractivity contribution in [2.24, 2.45) is 11.7 Å². The zero-order valence-corrected chi connectivity index (χ0v) is 18.2. The summed E-state index contributed by atoms with van der Waals surface area (Å²) in [4.78, 5) is 12.5. The van der Waals surface area contributed by atoms with Crippen LogP contribution in [-0.4, -0.2) is 34.9 Å². The molecule has 6 nitrogen and oxygen atoms in total. The molecule has 2 unspecified atom stereocenters. The first-order valence-electron chi connectivity index (χ1n) is 9.23. The fourth-order valence-corrected chi connectivity index (χ4v) is 3.48. The molecule has 28 heavy (non-hydrogen) atoms. The van der Waals surface area contributed by atoms with Crippen LogP contribution in [0.5, 0.6) is 0 Å². The summed E-state index contributed by atoms with van der Waals surface area (Å²) in [5, 5.41) is 7.54. The van der Waals surface area contributed by atoms with Crippen molar-refractivity contribution in [1.82, 2.24) is 15.1 Å². The molecule has 2 heterocycles. The number of amides is 1. The van der Waals surface area contributed by atoms with Crippen LogP contribution in [-0.2, 0) is 9.53 Å². The van der Waals surface area contributed by atoms with Gasteiger partial charge in [0, 0.05) is 18.9 Å². The zero-order valence-electron chi connectivity index (χ0n) is 16.6. The van der Waals surface area contributed by atoms with Crippen LogP contribution < -0.4 is 11.1 Å². The SMILES string of the molecule is Cc1cc(C)n(-c2ccc(C(C)NC(=O)C(N)C3CCOCC3)cc2)n1.Cl.Cl. The normalized spacial score (nSPS) is 16.4. The van der Waals surface area contributed by atoms with Gasteiger partial charge in [-0.15, -0.1) is 24.8 Å². The molecule has 2 atom stereocenters. The van der Waals surface area contributed by atoms with Crippen molar-refractivity contribution in [2.75, 3.05) is 13.2 Å². The molecule has 1 amide bonds. The summed E-state index contributed by atoms with van der Waals surface area (Å²) >= 11 is 0. The van der Waals surface area contributed by atoms with Crippen molar-refractivity contribution in [3.8, 4) is 5.69 Å². The van der Waals surface area contributed by atoms with Crippen LogP contribution in [0.15, 0.2) is 30.3 Å². The molecule has 2 aromatic rings. The lowest BCUT2D eigenvalue weighted by atomic mass is 9.91. The first kappa shape index (κ1) is 24.4. The quantitative estimate of drug-likeness (QED) is 0.765. The van der Waals surface area contributed by atoms with E-state index in [-0.39, 0.29) is 42.7 Å². The molecule has 1 saturated heterocycles. The number of rotatable bonds is 5. The van der Waals surface area contributed by atoms with E-state index in [1.807, 2.05) is 49.7 Å². The van der Waals surface area contributed by atoms with E-state index in [0.29, 0.717) is 13.2 Å². The topological polar surface area (TPSA) is 82.2 Å². The van der Waals surface area contributed by atoms with Crippen LogP contribution in [0, 0.1) is 19.8 Å². The monoisotopic (exact) mass is 428 g/mol. The van der Waals surface area contributed by atoms with Crippen LogP contribution in [0.3, 0.4) is 0 Å². The van der Waals surface area contributed by atoms with Gasteiger partial charge in [0.15, 0.2) is 0 Å². The molecule has 3 rings (SSSR count). The van der Waals surface area contributed by atoms with Gasteiger partial charge in [-0.05, 0) is 63.3 Å². The number of hydrogen-bond acceptors (Lipinski definition) is 4. The number of carbonyl (C=O) groups excluding carboxylic acids is 1. The number of ether oxygens (including phenoxy) is 1. The fraction of sp³-hybridized carbons (Fsp3) is 0.500. The number of benzene rings is 1. The van der Waals surface area contributed by atoms with Gasteiger partial charge in [-0.3, -0.25) is 4.79 Å². The number of halogens is 2. The second-order valence-corrected chi connectivity index (χ2v) is 7.14. The first-order chi connectivity index (χ1) is 12.5. The molecule has 1 aromatic heterocycles. The third-order valence-electron chi connectivity index (χ3n) is 5.08. The molecule has 1 aliphatic heterocycles. The van der Waals surface area contributed by atoms with E-state index in [1.54, 1.807) is 0 Å². The number of aryl methyl sites for hydroxylation is 2. The van der Waals surface area contributed by atoms with E-state index < -0.39 is 6.04 Å². The van der Waals surface area contributed by atoms with Crippen LogP contribution in [0.1, 0.15) is 42.8 Å². The lowest BCUT2D eigenvalue weighted by Gasteiger charge is -2.28. The average Bonchev–Trinajstić information content (AvgIpc) is 3.00. The lowest BCUT2D eigenvalue weighted by Crippen LogP contribution is -2.47. The molecule has 1 aliphatic rings. The molecule has 0 bridgehead atoms. The van der Waals surface area contributed by atoms with Crippen LogP contribution >= 0.6 is 24.8 Å². The van der Waals surface area contributed by atoms with Gasteiger partial charge in [-0.1, -0.05) is 12.1 Å². The van der Waals surface area contributed by atoms with Gasteiger partial charge in [-0.2, -0.15) is 5.10 Å². The third kappa shape index (κ3) is 5.70. The highest BCUT2D eigenvalue weighted by Gasteiger charge is 2.27. The van der Waals surface area contributed by atoms with E-state index >= 15 is 0 Å². The van der Waals surface area contributed by atoms with Gasteiger partial charge in [0.1, 0.15) is 0 Å². The number of nitrogens with zero attached hydrogens (tertiary/aromatic N) is 2. The maximum Gasteiger partial charge on any atom is 0.237 e. The summed E-state index contributed by atoms with van der Waals surface area (Å²) in [6.45, 7) is 7.38. The second kappa shape index (κ2) is 10.8. The minimum Gasteiger partial charge on any atom is -0.381 e. The molecule has 0 radical (unpaired) electrons. The summed E-state index contributed by atoms with van der Waals surface area (Å²) < 4.78 is 7.26. The van der Waals surface area contributed by atoms with Crippen molar-refractivity contribution in [2.45, 2.75) is 45.7 Å². The predicted octanol–water partition coefficient (Wildman–Crippen LogP) is 3.26. The number of nitrogens with one attached hydrogen (secondary N) is 1. The van der Waals surface area contributed by atoms with Crippen molar-refractivity contribution in [1.29, 1.82) is 0 Å². The Morgan fingerprint density at radius 2 is 1.82 bits per heavy atom. The molecular formula is C20H30Cl2N4O2. The molecular weight excluding hydrogens is 399 g/mol. The largest absolute Gasteiger partial charge is 0.381 e. The Morgan fingerprint density at radius 3 is 2.36 bits per heavy atom. The molecule has 0 aliphatic carbocycles. The van der Waals surface area contributed by atoms with Gasteiger partial charge in [-0.25, -0.2) is 4.68 Å². The van der Waals surface area contributed by atoms with E-state index in [1.165, 1.54) is 0 Å². The van der Waals surface area contributed by atoms with Gasteiger partial charge in [0.05, 0.1) is 23.5 Å². The fourth-order valence-electron chi connectivity index (χ4n) is 3.48. The molecule has 3 N–H and O–H groups in total. The molecule has 0 spiro atoms. The Labute approximate surface area is 179 Å². The Hall–Kier alpha value is -1.60.